The molecule has 4 rings (SSSR count). The third-order valence-electron chi connectivity index (χ3n) is 5.95. The molecule has 1 aliphatic rings. The molecule has 3 aromatic rings. The first-order valence-electron chi connectivity index (χ1n) is 10.6. The molecule has 0 spiro atoms. The van der Waals surface area contributed by atoms with E-state index >= 15 is 0 Å². The van der Waals surface area contributed by atoms with Crippen molar-refractivity contribution in [3.05, 3.63) is 60.6 Å². The van der Waals surface area contributed by atoms with Crippen LogP contribution in [0.5, 0.6) is 0 Å². The zero-order valence-electron chi connectivity index (χ0n) is 17.8. The van der Waals surface area contributed by atoms with Crippen LogP contribution in [-0.2, 0) is 6.54 Å². The molecule has 2 aromatic heterocycles. The molecule has 152 valence electrons. The van der Waals surface area contributed by atoms with E-state index in [0.29, 0.717) is 6.04 Å². The molecule has 1 aliphatic heterocycles. The van der Waals surface area contributed by atoms with E-state index in [1.165, 1.54) is 0 Å². The minimum atomic E-state index is 0.505. The Morgan fingerprint density at radius 2 is 1.72 bits per heavy atom. The largest absolute Gasteiger partial charge is 0.327 e. The Morgan fingerprint density at radius 1 is 0.966 bits per heavy atom. The first kappa shape index (κ1) is 19.8. The number of rotatable bonds is 6. The van der Waals surface area contributed by atoms with Crippen molar-refractivity contribution in [1.82, 2.24) is 24.3 Å². The van der Waals surface area contributed by atoms with Gasteiger partial charge in [-0.1, -0.05) is 43.3 Å². The van der Waals surface area contributed by atoms with Gasteiger partial charge in [0, 0.05) is 50.0 Å². The van der Waals surface area contributed by atoms with Crippen LogP contribution in [0.4, 0.5) is 0 Å². The molecule has 1 fully saturated rings. The highest BCUT2D eigenvalue weighted by Crippen LogP contribution is 2.31. The Balaban J connectivity index is 1.70. The molecule has 0 amide bonds. The van der Waals surface area contributed by atoms with Gasteiger partial charge in [0.25, 0.3) is 0 Å². The van der Waals surface area contributed by atoms with Crippen molar-refractivity contribution >= 4 is 0 Å². The van der Waals surface area contributed by atoms with Gasteiger partial charge in [-0.25, -0.2) is 4.98 Å². The molecule has 29 heavy (non-hydrogen) atoms. The first-order valence-corrected chi connectivity index (χ1v) is 10.6. The van der Waals surface area contributed by atoms with Crippen molar-refractivity contribution in [1.29, 1.82) is 0 Å². The fourth-order valence-corrected chi connectivity index (χ4v) is 4.19. The zero-order valence-corrected chi connectivity index (χ0v) is 17.8. The van der Waals surface area contributed by atoms with Gasteiger partial charge in [-0.15, -0.1) is 0 Å². The molecular formula is C24H31N5. The second-order valence-electron chi connectivity index (χ2n) is 8.03. The van der Waals surface area contributed by atoms with Crippen molar-refractivity contribution in [3.63, 3.8) is 0 Å². The number of pyridine rings is 1. The summed E-state index contributed by atoms with van der Waals surface area (Å²) in [6.07, 6.45) is 3.13. The van der Waals surface area contributed by atoms with Gasteiger partial charge in [-0.3, -0.25) is 9.88 Å². The molecule has 5 heteroatoms. The molecule has 1 atom stereocenters. The van der Waals surface area contributed by atoms with Crippen LogP contribution < -0.4 is 0 Å². The third-order valence-corrected chi connectivity index (χ3v) is 5.95. The topological polar surface area (TPSA) is 37.2 Å². The molecule has 1 aromatic carbocycles. The maximum absolute atomic E-state index is 4.84. The average Bonchev–Trinajstić information content (AvgIpc) is 3.17. The van der Waals surface area contributed by atoms with Crippen LogP contribution in [0.3, 0.4) is 0 Å². The van der Waals surface area contributed by atoms with E-state index in [2.05, 4.69) is 64.7 Å². The monoisotopic (exact) mass is 389 g/mol. The molecule has 0 radical (unpaired) electrons. The lowest BCUT2D eigenvalue weighted by atomic mass is 10.1. The van der Waals surface area contributed by atoms with E-state index in [1.807, 2.05) is 25.4 Å². The molecule has 0 aliphatic carbocycles. The third kappa shape index (κ3) is 4.41. The molecule has 1 saturated heterocycles. The quantitative estimate of drug-likeness (QED) is 0.640. The van der Waals surface area contributed by atoms with Gasteiger partial charge in [-0.05, 0) is 32.5 Å². The van der Waals surface area contributed by atoms with E-state index in [1.54, 1.807) is 0 Å². The highest BCUT2D eigenvalue weighted by atomic mass is 15.3. The fraction of sp³-hybridized carbons (Fsp3) is 0.417. The first-order chi connectivity index (χ1) is 14.2. The van der Waals surface area contributed by atoms with Crippen LogP contribution in [0.1, 0.15) is 19.0 Å². The molecule has 0 bridgehead atoms. The second-order valence-corrected chi connectivity index (χ2v) is 8.03. The van der Waals surface area contributed by atoms with Gasteiger partial charge in [-0.2, -0.15) is 0 Å². The van der Waals surface area contributed by atoms with Crippen molar-refractivity contribution in [2.24, 2.45) is 0 Å². The minimum absolute atomic E-state index is 0.505. The summed E-state index contributed by atoms with van der Waals surface area (Å²) in [5.41, 5.74) is 5.29. The number of likely N-dealkylation sites (N-methyl/N-ethyl adjacent to an activating group) is 1. The predicted octanol–water partition coefficient (Wildman–Crippen LogP) is 3.95. The van der Waals surface area contributed by atoms with Gasteiger partial charge in [0.05, 0.1) is 23.4 Å². The van der Waals surface area contributed by atoms with E-state index in [0.717, 1.165) is 67.5 Å². The van der Waals surface area contributed by atoms with Crippen molar-refractivity contribution in [2.45, 2.75) is 32.9 Å². The van der Waals surface area contributed by atoms with Gasteiger partial charge in [0.15, 0.2) is 0 Å². The minimum Gasteiger partial charge on any atom is -0.327 e. The molecule has 0 saturated carbocycles. The Hall–Kier alpha value is -2.50. The Labute approximate surface area is 174 Å². The second kappa shape index (κ2) is 8.89. The lowest BCUT2D eigenvalue weighted by Gasteiger charge is -2.38. The normalized spacial score (nSPS) is 16.8. The highest BCUT2D eigenvalue weighted by molar-refractivity contribution is 5.76. The standard InChI is InChI=1S/C24H31N5/c1-4-21(28-15-13-27(3)14-16-28)17-29-18-25-23(20-10-6-5-7-11-20)24(29)22-12-8-9-19(2)26-22/h5-12,18,21H,4,13-17H2,1-3H3. The van der Waals surface area contributed by atoms with Crippen LogP contribution in [-0.4, -0.2) is 63.6 Å². The lowest BCUT2D eigenvalue weighted by molar-refractivity contribution is 0.100. The van der Waals surface area contributed by atoms with E-state index in [4.69, 9.17) is 9.97 Å². The predicted molar refractivity (Wildman–Crippen MR) is 119 cm³/mol. The van der Waals surface area contributed by atoms with Crippen LogP contribution in [0.15, 0.2) is 54.9 Å². The number of aryl methyl sites for hydroxylation is 1. The number of aromatic nitrogens is 3. The van der Waals surface area contributed by atoms with Crippen LogP contribution in [0.25, 0.3) is 22.6 Å². The summed E-state index contributed by atoms with van der Waals surface area (Å²) in [5, 5.41) is 0. The molecular weight excluding hydrogens is 358 g/mol. The summed E-state index contributed by atoms with van der Waals surface area (Å²) >= 11 is 0. The molecule has 5 nitrogen and oxygen atoms in total. The summed E-state index contributed by atoms with van der Waals surface area (Å²) in [6.45, 7) is 9.82. The fourth-order valence-electron chi connectivity index (χ4n) is 4.19. The molecule has 0 N–H and O–H groups in total. The number of nitrogens with zero attached hydrogens (tertiary/aromatic N) is 5. The number of hydrogen-bond donors (Lipinski definition) is 0. The van der Waals surface area contributed by atoms with Gasteiger partial charge in [0.1, 0.15) is 0 Å². The maximum atomic E-state index is 4.84. The van der Waals surface area contributed by atoms with Gasteiger partial charge in [0.2, 0.25) is 0 Å². The van der Waals surface area contributed by atoms with Gasteiger partial charge >= 0.3 is 0 Å². The highest BCUT2D eigenvalue weighted by Gasteiger charge is 2.24. The van der Waals surface area contributed by atoms with E-state index in [9.17, 15) is 0 Å². The van der Waals surface area contributed by atoms with E-state index < -0.39 is 0 Å². The van der Waals surface area contributed by atoms with Gasteiger partial charge < -0.3 is 9.47 Å². The van der Waals surface area contributed by atoms with Crippen LogP contribution in [0, 0.1) is 6.92 Å². The summed E-state index contributed by atoms with van der Waals surface area (Å²) in [4.78, 5) is 14.7. The number of imidazole rings is 1. The SMILES string of the molecule is CCC(Cn1cnc(-c2ccccc2)c1-c1cccc(C)n1)N1CCN(C)CC1. The Kier molecular flexibility index (Phi) is 6.07. The Morgan fingerprint density at radius 3 is 2.41 bits per heavy atom. The molecule has 3 heterocycles. The summed E-state index contributed by atoms with van der Waals surface area (Å²) < 4.78 is 2.32. The lowest BCUT2D eigenvalue weighted by Crippen LogP contribution is -2.50. The van der Waals surface area contributed by atoms with E-state index in [-0.39, 0.29) is 0 Å². The van der Waals surface area contributed by atoms with Crippen LogP contribution in [0.2, 0.25) is 0 Å². The van der Waals surface area contributed by atoms with Crippen LogP contribution >= 0.6 is 0 Å². The number of hydrogen-bond acceptors (Lipinski definition) is 4. The summed E-state index contributed by atoms with van der Waals surface area (Å²) in [7, 11) is 2.21. The zero-order chi connectivity index (χ0) is 20.2. The van der Waals surface area contributed by atoms with Crippen molar-refractivity contribution in [3.8, 4) is 22.6 Å². The smallest absolute Gasteiger partial charge is 0.0979 e. The van der Waals surface area contributed by atoms with Crippen molar-refractivity contribution < 1.29 is 0 Å². The summed E-state index contributed by atoms with van der Waals surface area (Å²) in [6, 6.07) is 17.2. The summed E-state index contributed by atoms with van der Waals surface area (Å²) in [5.74, 6) is 0. The average molecular weight is 390 g/mol. The maximum Gasteiger partial charge on any atom is 0.0979 e. The number of benzene rings is 1. The van der Waals surface area contributed by atoms with Crippen molar-refractivity contribution in [2.75, 3.05) is 33.2 Å². The molecule has 1 unspecified atom stereocenters. The number of piperazine rings is 1. The Bertz CT molecular complexity index is 925.